The van der Waals surface area contributed by atoms with E-state index in [9.17, 15) is 4.79 Å². The fourth-order valence-corrected chi connectivity index (χ4v) is 3.44. The summed E-state index contributed by atoms with van der Waals surface area (Å²) in [7, 11) is 0. The lowest BCUT2D eigenvalue weighted by molar-refractivity contribution is 0.248. The molecule has 0 saturated heterocycles. The van der Waals surface area contributed by atoms with Gasteiger partial charge >= 0.3 is 6.03 Å². The lowest BCUT2D eigenvalue weighted by Crippen LogP contribution is -2.33. The molecule has 6 nitrogen and oxygen atoms in total. The second-order valence-electron chi connectivity index (χ2n) is 6.49. The lowest BCUT2D eigenvalue weighted by Gasteiger charge is -2.16. The molecule has 2 amide bonds. The maximum atomic E-state index is 12.7. The molecule has 1 heterocycles. The summed E-state index contributed by atoms with van der Waals surface area (Å²) in [5, 5.41) is 14.2. The molecule has 0 fully saturated rings. The molecule has 0 aliphatic heterocycles. The van der Waals surface area contributed by atoms with Gasteiger partial charge in [0.2, 0.25) is 11.8 Å². The Morgan fingerprint density at radius 3 is 2.40 bits per heavy atom. The fourth-order valence-electron chi connectivity index (χ4n) is 2.98. The highest BCUT2D eigenvalue weighted by Gasteiger charge is 2.23. The second kappa shape index (κ2) is 9.28. The largest absolute Gasteiger partial charge is 0.418 e. The number of carbonyl (C=O) groups is 1. The minimum atomic E-state index is -0.583. The number of nitrogens with one attached hydrogen (secondary N) is 2. The molecule has 0 bridgehead atoms. The van der Waals surface area contributed by atoms with Crippen LogP contribution in [-0.4, -0.2) is 22.5 Å². The van der Waals surface area contributed by atoms with Crippen LogP contribution in [0.3, 0.4) is 0 Å². The van der Waals surface area contributed by atoms with Gasteiger partial charge in [0.1, 0.15) is 6.04 Å². The van der Waals surface area contributed by atoms with E-state index >= 15 is 0 Å². The van der Waals surface area contributed by atoms with Crippen molar-refractivity contribution in [3.8, 4) is 11.5 Å². The van der Waals surface area contributed by atoms with Crippen LogP contribution >= 0.6 is 11.8 Å². The second-order valence-corrected chi connectivity index (χ2v) is 7.37. The molecule has 0 radical (unpaired) electrons. The zero-order chi connectivity index (χ0) is 20.8. The average Bonchev–Trinajstić information content (AvgIpc) is 3.29. The quantitative estimate of drug-likeness (QED) is 0.413. The van der Waals surface area contributed by atoms with E-state index in [1.807, 2.05) is 91.2 Å². The highest BCUT2D eigenvalue weighted by atomic mass is 32.2. The van der Waals surface area contributed by atoms with E-state index in [2.05, 4.69) is 20.8 Å². The Morgan fingerprint density at radius 1 is 0.933 bits per heavy atom. The van der Waals surface area contributed by atoms with Gasteiger partial charge in [0, 0.05) is 16.1 Å². The van der Waals surface area contributed by atoms with Crippen LogP contribution in [-0.2, 0) is 0 Å². The van der Waals surface area contributed by atoms with Crippen LogP contribution in [0, 0.1) is 0 Å². The molecule has 3 aromatic carbocycles. The van der Waals surface area contributed by atoms with E-state index in [1.54, 1.807) is 11.8 Å². The first-order valence-electron chi connectivity index (χ1n) is 9.38. The van der Waals surface area contributed by atoms with Crippen molar-refractivity contribution >= 4 is 23.5 Å². The van der Waals surface area contributed by atoms with Crippen LogP contribution in [0.15, 0.2) is 94.2 Å². The molecule has 1 aromatic heterocycles. The molecule has 0 unspecified atom stereocenters. The minimum Gasteiger partial charge on any atom is -0.418 e. The van der Waals surface area contributed by atoms with Gasteiger partial charge in [-0.15, -0.1) is 22.0 Å². The number of hydrogen-bond acceptors (Lipinski definition) is 5. The summed E-state index contributed by atoms with van der Waals surface area (Å²) in [6.07, 6.45) is 1.99. The van der Waals surface area contributed by atoms with E-state index in [0.29, 0.717) is 17.5 Å². The molecule has 0 aliphatic rings. The number of hydrogen-bond donors (Lipinski definition) is 2. The van der Waals surface area contributed by atoms with Crippen molar-refractivity contribution in [2.45, 2.75) is 10.9 Å². The summed E-state index contributed by atoms with van der Waals surface area (Å²) in [6.45, 7) is 0. The van der Waals surface area contributed by atoms with Gasteiger partial charge in [0.25, 0.3) is 0 Å². The van der Waals surface area contributed by atoms with E-state index < -0.39 is 6.04 Å². The zero-order valence-electron chi connectivity index (χ0n) is 16.3. The number of thioether (sulfide) groups is 1. The average molecular weight is 417 g/mol. The van der Waals surface area contributed by atoms with Crippen LogP contribution in [0.4, 0.5) is 10.5 Å². The predicted molar refractivity (Wildman–Crippen MR) is 118 cm³/mol. The van der Waals surface area contributed by atoms with Gasteiger partial charge in [-0.05, 0) is 42.2 Å². The van der Waals surface area contributed by atoms with Crippen LogP contribution in [0.5, 0.6) is 0 Å². The fraction of sp³-hybridized carbons (Fsp3) is 0.0870. The number of amides is 2. The summed E-state index contributed by atoms with van der Waals surface area (Å²) < 4.78 is 5.91. The van der Waals surface area contributed by atoms with Gasteiger partial charge in [0.15, 0.2) is 0 Å². The Kier molecular flexibility index (Phi) is 6.10. The summed E-state index contributed by atoms with van der Waals surface area (Å²) in [6, 6.07) is 25.8. The molecule has 4 aromatic rings. The molecule has 30 heavy (non-hydrogen) atoms. The first-order valence-corrected chi connectivity index (χ1v) is 10.6. The minimum absolute atomic E-state index is 0.313. The van der Waals surface area contributed by atoms with Gasteiger partial charge < -0.3 is 15.1 Å². The van der Waals surface area contributed by atoms with Crippen molar-refractivity contribution < 1.29 is 9.21 Å². The number of anilines is 1. The summed E-state index contributed by atoms with van der Waals surface area (Å²) in [5.74, 6) is 0.717. The van der Waals surface area contributed by atoms with Crippen LogP contribution in [0.25, 0.3) is 11.5 Å². The van der Waals surface area contributed by atoms with Crippen LogP contribution in [0.2, 0.25) is 0 Å². The number of carbonyl (C=O) groups excluding carboxylic acids is 1. The van der Waals surface area contributed by atoms with E-state index in [1.165, 1.54) is 0 Å². The van der Waals surface area contributed by atoms with Crippen molar-refractivity contribution in [3.05, 3.63) is 96.4 Å². The van der Waals surface area contributed by atoms with Gasteiger partial charge in [-0.3, -0.25) is 0 Å². The van der Waals surface area contributed by atoms with Crippen molar-refractivity contribution in [3.63, 3.8) is 0 Å². The third-order valence-electron chi connectivity index (χ3n) is 4.44. The maximum absolute atomic E-state index is 12.7. The highest BCUT2D eigenvalue weighted by Crippen LogP contribution is 2.25. The molecule has 7 heteroatoms. The van der Waals surface area contributed by atoms with Gasteiger partial charge in [-0.1, -0.05) is 54.6 Å². The van der Waals surface area contributed by atoms with Crippen molar-refractivity contribution in [2.24, 2.45) is 0 Å². The van der Waals surface area contributed by atoms with E-state index in [-0.39, 0.29) is 6.03 Å². The predicted octanol–water partition coefficient (Wildman–Crippen LogP) is 5.37. The zero-order valence-corrected chi connectivity index (χ0v) is 17.1. The highest BCUT2D eigenvalue weighted by molar-refractivity contribution is 7.98. The third-order valence-corrected chi connectivity index (χ3v) is 5.17. The molecule has 0 aliphatic carbocycles. The smallest absolute Gasteiger partial charge is 0.320 e. The number of rotatable bonds is 6. The Morgan fingerprint density at radius 2 is 1.67 bits per heavy atom. The monoisotopic (exact) mass is 416 g/mol. The standard InChI is InChI=1S/C23H20N4O2S/c1-30-19-14-8-13-18(15-19)24-23(28)25-20(16-9-4-2-5-10-16)22-27-26-21(29-22)17-11-6-3-7-12-17/h2-15,20H,1H3,(H2,24,25,28)/t20-/m1/s1. The summed E-state index contributed by atoms with van der Waals surface area (Å²) >= 11 is 1.61. The SMILES string of the molecule is CSc1cccc(NC(=O)N[C@H](c2ccccc2)c2nnc(-c3ccccc3)o2)c1. The summed E-state index contributed by atoms with van der Waals surface area (Å²) in [4.78, 5) is 13.8. The molecule has 2 N–H and O–H groups in total. The van der Waals surface area contributed by atoms with Crippen LogP contribution < -0.4 is 10.6 Å². The Labute approximate surface area is 178 Å². The molecule has 0 saturated carbocycles. The Hall–Kier alpha value is -3.58. The van der Waals surface area contributed by atoms with E-state index in [4.69, 9.17) is 4.42 Å². The topological polar surface area (TPSA) is 80.0 Å². The first-order chi connectivity index (χ1) is 14.7. The first kappa shape index (κ1) is 19.7. The van der Waals surface area contributed by atoms with Crippen molar-refractivity contribution in [1.29, 1.82) is 0 Å². The third kappa shape index (κ3) is 4.69. The molecular formula is C23H20N4O2S. The lowest BCUT2D eigenvalue weighted by atomic mass is 10.1. The number of aromatic nitrogens is 2. The van der Waals surface area contributed by atoms with Crippen LogP contribution in [0.1, 0.15) is 17.5 Å². The number of benzene rings is 3. The molecule has 1 atom stereocenters. The normalized spacial score (nSPS) is 11.6. The maximum Gasteiger partial charge on any atom is 0.320 e. The number of urea groups is 1. The van der Waals surface area contributed by atoms with Gasteiger partial charge in [0.05, 0.1) is 0 Å². The number of nitrogens with zero attached hydrogens (tertiary/aromatic N) is 2. The molecule has 4 rings (SSSR count). The van der Waals surface area contributed by atoms with Crippen molar-refractivity contribution in [1.82, 2.24) is 15.5 Å². The van der Waals surface area contributed by atoms with Gasteiger partial charge in [-0.25, -0.2) is 4.79 Å². The molecule has 150 valence electrons. The van der Waals surface area contributed by atoms with E-state index in [0.717, 1.165) is 16.0 Å². The summed E-state index contributed by atoms with van der Waals surface area (Å²) in [5.41, 5.74) is 2.37. The molecule has 0 spiro atoms. The van der Waals surface area contributed by atoms with Gasteiger partial charge in [-0.2, -0.15) is 0 Å². The van der Waals surface area contributed by atoms with Crippen molar-refractivity contribution in [2.75, 3.05) is 11.6 Å². The Bertz CT molecular complexity index is 1120. The molecular weight excluding hydrogens is 396 g/mol. The Balaban J connectivity index is 1.58.